The lowest BCUT2D eigenvalue weighted by atomic mass is 9.92. The number of nitrogens with zero attached hydrogens (tertiary/aromatic N) is 3. The number of rotatable bonds is 7. The number of hydrogen-bond acceptors (Lipinski definition) is 7. The van der Waals surface area contributed by atoms with Crippen molar-refractivity contribution in [3.05, 3.63) is 95.8 Å². The van der Waals surface area contributed by atoms with Crippen LogP contribution in [0.15, 0.2) is 79.1 Å². The summed E-state index contributed by atoms with van der Waals surface area (Å²) in [5.41, 5.74) is 3.67. The lowest BCUT2D eigenvalue weighted by molar-refractivity contribution is -0.137. The Hall–Kier alpha value is -5.03. The van der Waals surface area contributed by atoms with Crippen LogP contribution in [-0.2, 0) is 10.9 Å². The average Bonchev–Trinajstić information content (AvgIpc) is 3.04. The molecule has 0 radical (unpaired) electrons. The first-order valence-electron chi connectivity index (χ1n) is 14.4. The van der Waals surface area contributed by atoms with Crippen molar-refractivity contribution in [2.75, 3.05) is 31.0 Å². The van der Waals surface area contributed by atoms with E-state index in [1.54, 1.807) is 37.7 Å². The van der Waals surface area contributed by atoms with Gasteiger partial charge in [-0.3, -0.25) is 9.78 Å². The molecule has 1 amide bonds. The summed E-state index contributed by atoms with van der Waals surface area (Å²) in [6.45, 7) is 3.27. The van der Waals surface area contributed by atoms with Gasteiger partial charge < -0.3 is 20.1 Å². The second-order valence-electron chi connectivity index (χ2n) is 10.8. The van der Waals surface area contributed by atoms with Gasteiger partial charge in [0.1, 0.15) is 5.75 Å². The predicted octanol–water partition coefficient (Wildman–Crippen LogP) is 7.54. The second-order valence-corrected chi connectivity index (χ2v) is 10.8. The number of amides is 1. The molecule has 1 saturated heterocycles. The molecular weight excluding hydrogens is 583 g/mol. The highest BCUT2D eigenvalue weighted by Crippen LogP contribution is 2.44. The van der Waals surface area contributed by atoms with Gasteiger partial charge >= 0.3 is 6.18 Å². The van der Waals surface area contributed by atoms with E-state index < -0.39 is 17.6 Å². The number of carbonyl (C=O) groups excluding carboxylic acids is 1. The molecule has 0 spiro atoms. The van der Waals surface area contributed by atoms with E-state index in [-0.39, 0.29) is 17.3 Å². The van der Waals surface area contributed by atoms with Crippen molar-refractivity contribution in [2.45, 2.75) is 32.0 Å². The van der Waals surface area contributed by atoms with Gasteiger partial charge in [0.15, 0.2) is 0 Å². The zero-order chi connectivity index (χ0) is 31.6. The molecule has 0 aliphatic carbocycles. The minimum Gasteiger partial charge on any atom is -0.495 e. The molecule has 1 aliphatic rings. The Morgan fingerprint density at radius 2 is 1.80 bits per heavy atom. The van der Waals surface area contributed by atoms with Crippen LogP contribution in [0.2, 0.25) is 0 Å². The number of anilines is 2. The van der Waals surface area contributed by atoms with Crippen molar-refractivity contribution in [1.82, 2.24) is 15.0 Å². The Labute approximate surface area is 257 Å². The monoisotopic (exact) mass is 613 g/mol. The Bertz CT molecular complexity index is 1860. The minimum absolute atomic E-state index is 0.0417. The van der Waals surface area contributed by atoms with Crippen molar-refractivity contribution in [2.24, 2.45) is 0 Å². The van der Waals surface area contributed by atoms with Gasteiger partial charge in [-0.05, 0) is 79.4 Å². The van der Waals surface area contributed by atoms with Crippen molar-refractivity contribution < 1.29 is 27.4 Å². The molecule has 45 heavy (non-hydrogen) atoms. The minimum atomic E-state index is -4.53. The molecule has 8 nitrogen and oxygen atoms in total. The van der Waals surface area contributed by atoms with E-state index >= 15 is 0 Å². The summed E-state index contributed by atoms with van der Waals surface area (Å²) in [5.74, 6) is 0.453. The number of fused-ring (bicyclic) bond motifs is 1. The maximum Gasteiger partial charge on any atom is 0.416 e. The summed E-state index contributed by atoms with van der Waals surface area (Å²) in [6.07, 6.45) is 0.626. The number of ether oxygens (including phenoxy) is 2. The van der Waals surface area contributed by atoms with Crippen molar-refractivity contribution in [3.8, 4) is 28.1 Å². The Morgan fingerprint density at radius 1 is 0.978 bits per heavy atom. The smallest absolute Gasteiger partial charge is 0.416 e. The van der Waals surface area contributed by atoms with Crippen LogP contribution < -0.4 is 15.4 Å². The van der Waals surface area contributed by atoms with E-state index in [9.17, 15) is 18.0 Å². The third-order valence-corrected chi connectivity index (χ3v) is 7.74. The van der Waals surface area contributed by atoms with Crippen LogP contribution in [0.3, 0.4) is 0 Å². The van der Waals surface area contributed by atoms with Gasteiger partial charge in [-0.15, -0.1) is 0 Å². The summed E-state index contributed by atoms with van der Waals surface area (Å²) in [4.78, 5) is 27.4. The number of halogens is 3. The molecule has 0 unspecified atom stereocenters. The zero-order valence-corrected chi connectivity index (χ0v) is 24.6. The van der Waals surface area contributed by atoms with E-state index in [4.69, 9.17) is 14.5 Å². The molecule has 1 fully saturated rings. The first kappa shape index (κ1) is 30.0. The SMILES string of the molecule is COc1c(-c2cc(C(=O)Nc3cccc(C(F)(F)F)c3)ccc2C)cc2cnc(NC3CCOCC3)nc2c1-c1ccccn1. The molecule has 2 aromatic heterocycles. The fourth-order valence-corrected chi connectivity index (χ4v) is 5.44. The third kappa shape index (κ3) is 6.44. The van der Waals surface area contributed by atoms with Crippen LogP contribution >= 0.6 is 0 Å². The van der Waals surface area contributed by atoms with E-state index in [1.165, 1.54) is 12.1 Å². The lowest BCUT2D eigenvalue weighted by Gasteiger charge is -2.23. The van der Waals surface area contributed by atoms with Crippen LogP contribution in [0.1, 0.15) is 34.3 Å². The quantitative estimate of drug-likeness (QED) is 0.196. The number of benzene rings is 3. The Kier molecular flexibility index (Phi) is 8.36. The van der Waals surface area contributed by atoms with Gasteiger partial charge in [-0.25, -0.2) is 9.97 Å². The number of alkyl halides is 3. The average molecular weight is 614 g/mol. The molecule has 6 rings (SSSR count). The van der Waals surface area contributed by atoms with E-state index in [0.29, 0.717) is 52.8 Å². The number of carbonyl (C=O) groups is 1. The molecule has 5 aromatic rings. The molecule has 1 aliphatic heterocycles. The van der Waals surface area contributed by atoms with Crippen LogP contribution in [-0.4, -0.2) is 47.2 Å². The third-order valence-electron chi connectivity index (χ3n) is 7.74. The van der Waals surface area contributed by atoms with Crippen LogP contribution in [0, 0.1) is 6.92 Å². The normalized spacial score (nSPS) is 13.9. The second kappa shape index (κ2) is 12.5. The highest BCUT2D eigenvalue weighted by atomic mass is 19.4. The van der Waals surface area contributed by atoms with Crippen molar-refractivity contribution in [1.29, 1.82) is 0 Å². The van der Waals surface area contributed by atoms with Crippen molar-refractivity contribution in [3.63, 3.8) is 0 Å². The van der Waals surface area contributed by atoms with Gasteiger partial charge in [0.05, 0.1) is 29.4 Å². The maximum atomic E-state index is 13.3. The Balaban J connectivity index is 1.43. The van der Waals surface area contributed by atoms with Gasteiger partial charge in [0.25, 0.3) is 5.91 Å². The molecule has 0 saturated carbocycles. The van der Waals surface area contributed by atoms with E-state index in [1.807, 2.05) is 31.2 Å². The summed E-state index contributed by atoms with van der Waals surface area (Å²) in [5, 5.41) is 6.75. The summed E-state index contributed by atoms with van der Waals surface area (Å²) >= 11 is 0. The highest BCUT2D eigenvalue weighted by molar-refractivity contribution is 6.06. The van der Waals surface area contributed by atoms with Gasteiger partial charge in [-0.1, -0.05) is 18.2 Å². The first-order valence-corrected chi connectivity index (χ1v) is 14.4. The van der Waals surface area contributed by atoms with Crippen molar-refractivity contribution >= 4 is 28.4 Å². The molecule has 230 valence electrons. The first-order chi connectivity index (χ1) is 21.7. The molecule has 3 heterocycles. The van der Waals surface area contributed by atoms with Crippen LogP contribution in [0.5, 0.6) is 5.75 Å². The Morgan fingerprint density at radius 3 is 2.53 bits per heavy atom. The summed E-state index contributed by atoms with van der Waals surface area (Å²) in [6, 6.07) is 17.3. The van der Waals surface area contributed by atoms with E-state index in [2.05, 4.69) is 20.6 Å². The largest absolute Gasteiger partial charge is 0.495 e. The fourth-order valence-electron chi connectivity index (χ4n) is 5.44. The zero-order valence-electron chi connectivity index (χ0n) is 24.6. The topological polar surface area (TPSA) is 98.3 Å². The van der Waals surface area contributed by atoms with Gasteiger partial charge in [0.2, 0.25) is 5.95 Å². The molecule has 0 atom stereocenters. The fraction of sp³-hybridized carbons (Fsp3) is 0.235. The predicted molar refractivity (Wildman–Crippen MR) is 166 cm³/mol. The number of aromatic nitrogens is 3. The molecular formula is C34H30F3N5O3. The molecule has 3 aromatic carbocycles. The van der Waals surface area contributed by atoms with E-state index in [0.717, 1.165) is 35.9 Å². The summed E-state index contributed by atoms with van der Waals surface area (Å²) in [7, 11) is 1.57. The number of methoxy groups -OCH3 is 1. The molecule has 0 bridgehead atoms. The molecule has 2 N–H and O–H groups in total. The number of aryl methyl sites for hydroxylation is 1. The maximum absolute atomic E-state index is 13.3. The molecule has 11 heteroatoms. The number of hydrogen-bond donors (Lipinski definition) is 2. The lowest BCUT2D eigenvalue weighted by Crippen LogP contribution is -2.28. The highest BCUT2D eigenvalue weighted by Gasteiger charge is 2.30. The van der Waals surface area contributed by atoms with Gasteiger partial charge in [0, 0.05) is 53.8 Å². The van der Waals surface area contributed by atoms with Crippen LogP contribution in [0.4, 0.5) is 24.8 Å². The number of pyridine rings is 1. The van der Waals surface area contributed by atoms with Crippen LogP contribution in [0.25, 0.3) is 33.3 Å². The standard InChI is InChI=1S/C34H30F3N5O3/c1-20-9-10-21(32(43)40-25-7-5-6-23(18-25)34(35,36)37)16-26(20)27-17-22-19-39-33(41-24-11-14-45-15-12-24)42-30(22)29(31(27)44-2)28-8-3-4-13-38-28/h3-10,13,16-19,24H,11-12,14-15H2,1-2H3,(H,40,43)(H,39,41,42). The summed E-state index contributed by atoms with van der Waals surface area (Å²) < 4.78 is 51.2. The number of nitrogens with one attached hydrogen (secondary N) is 2. The van der Waals surface area contributed by atoms with Gasteiger partial charge in [-0.2, -0.15) is 13.2 Å².